The zero-order valence-electron chi connectivity index (χ0n) is 17.9. The fraction of sp³-hybridized carbons (Fsp3) is 0.480. The van der Waals surface area contributed by atoms with Crippen molar-refractivity contribution in [2.45, 2.75) is 65.2 Å². The molecule has 0 atom stereocenters. The fourth-order valence-electron chi connectivity index (χ4n) is 3.47. The number of nitrogens with zero attached hydrogens (tertiary/aromatic N) is 2. The topological polar surface area (TPSA) is 23.6 Å². The molecule has 0 aliphatic rings. The Morgan fingerprint density at radius 3 is 1.86 bits per heavy atom. The second-order valence-corrected chi connectivity index (χ2v) is 8.35. The van der Waals surface area contributed by atoms with Crippen molar-refractivity contribution in [1.29, 1.82) is 0 Å². The first-order valence-corrected chi connectivity index (χ1v) is 11.9. The molecule has 2 aromatic carbocycles. The lowest BCUT2D eigenvalue weighted by Crippen LogP contribution is -2.44. The maximum atomic E-state index is 13.8. The minimum absolute atomic E-state index is 0.0658. The van der Waals surface area contributed by atoms with Crippen LogP contribution >= 0.6 is 15.9 Å². The highest BCUT2D eigenvalue weighted by atomic mass is 79.9. The summed E-state index contributed by atoms with van der Waals surface area (Å²) in [6.45, 7) is 5.91. The number of amides is 2. The van der Waals surface area contributed by atoms with Crippen LogP contribution < -0.4 is 9.80 Å². The zero-order chi connectivity index (χ0) is 20.9. The second kappa shape index (κ2) is 13.4. The minimum atomic E-state index is 0.0658. The predicted octanol–water partition coefficient (Wildman–Crippen LogP) is 8.04. The van der Waals surface area contributed by atoms with E-state index in [1.807, 2.05) is 64.4 Å². The van der Waals surface area contributed by atoms with E-state index >= 15 is 0 Å². The normalized spacial score (nSPS) is 10.7. The van der Waals surface area contributed by atoms with Gasteiger partial charge in [0.2, 0.25) is 0 Å². The molecule has 0 bridgehead atoms. The molecule has 0 fully saturated rings. The third-order valence-electron chi connectivity index (χ3n) is 5.14. The quantitative estimate of drug-likeness (QED) is 0.295. The lowest BCUT2D eigenvalue weighted by atomic mass is 10.1. The number of rotatable bonds is 12. The molecule has 0 aliphatic heterocycles. The molecular formula is C25H35BrN2O. The average molecular weight is 459 g/mol. The van der Waals surface area contributed by atoms with Crippen LogP contribution in [0.5, 0.6) is 0 Å². The lowest BCUT2D eigenvalue weighted by molar-refractivity contribution is 0.251. The van der Waals surface area contributed by atoms with Gasteiger partial charge in [0, 0.05) is 23.2 Å². The summed E-state index contributed by atoms with van der Waals surface area (Å²) in [5.41, 5.74) is 1.92. The Labute approximate surface area is 185 Å². The summed E-state index contributed by atoms with van der Waals surface area (Å²) < 4.78 is 0.961. The molecule has 2 rings (SSSR count). The first kappa shape index (κ1) is 23.5. The van der Waals surface area contributed by atoms with Gasteiger partial charge < -0.3 is 0 Å². The summed E-state index contributed by atoms with van der Waals surface area (Å²) >= 11 is 3.65. The summed E-state index contributed by atoms with van der Waals surface area (Å²) in [5, 5.41) is 0. The van der Waals surface area contributed by atoms with Gasteiger partial charge in [-0.2, -0.15) is 0 Å². The summed E-state index contributed by atoms with van der Waals surface area (Å²) in [6.07, 6.45) is 9.13. The number of halogens is 1. The van der Waals surface area contributed by atoms with E-state index in [0.29, 0.717) is 0 Å². The van der Waals surface area contributed by atoms with Crippen LogP contribution in [0.25, 0.3) is 0 Å². The Hall–Kier alpha value is -1.81. The van der Waals surface area contributed by atoms with Crippen molar-refractivity contribution >= 4 is 33.3 Å². The summed E-state index contributed by atoms with van der Waals surface area (Å²) in [7, 11) is 0. The van der Waals surface area contributed by atoms with Gasteiger partial charge in [0.1, 0.15) is 0 Å². The number of unbranched alkanes of at least 4 members (excludes halogenated alkanes) is 6. The van der Waals surface area contributed by atoms with Crippen LogP contribution in [0.2, 0.25) is 0 Å². The summed E-state index contributed by atoms with van der Waals surface area (Å²) in [5.74, 6) is 0. The van der Waals surface area contributed by atoms with Crippen molar-refractivity contribution in [1.82, 2.24) is 0 Å². The van der Waals surface area contributed by atoms with E-state index in [1.165, 1.54) is 25.7 Å². The molecule has 0 N–H and O–H groups in total. The van der Waals surface area contributed by atoms with Crippen molar-refractivity contribution in [2.24, 2.45) is 0 Å². The smallest absolute Gasteiger partial charge is 0.294 e. The number of para-hydroxylation sites is 2. The van der Waals surface area contributed by atoms with E-state index in [2.05, 4.69) is 29.8 Å². The first-order valence-electron chi connectivity index (χ1n) is 11.1. The predicted molar refractivity (Wildman–Crippen MR) is 129 cm³/mol. The minimum Gasteiger partial charge on any atom is -0.294 e. The van der Waals surface area contributed by atoms with Crippen molar-refractivity contribution in [3.63, 3.8) is 0 Å². The van der Waals surface area contributed by atoms with Gasteiger partial charge in [-0.1, -0.05) is 82.7 Å². The number of benzene rings is 2. The molecule has 0 unspecified atom stereocenters. The maximum Gasteiger partial charge on any atom is 0.328 e. The molecule has 0 heterocycles. The highest BCUT2D eigenvalue weighted by molar-refractivity contribution is 9.10. The van der Waals surface area contributed by atoms with Gasteiger partial charge in [0.05, 0.1) is 5.69 Å². The van der Waals surface area contributed by atoms with Crippen molar-refractivity contribution in [3.05, 3.63) is 59.1 Å². The van der Waals surface area contributed by atoms with Gasteiger partial charge in [-0.05, 0) is 53.0 Å². The molecule has 2 aromatic rings. The Morgan fingerprint density at radius 2 is 1.28 bits per heavy atom. The van der Waals surface area contributed by atoms with E-state index in [0.717, 1.165) is 54.6 Å². The van der Waals surface area contributed by atoms with Gasteiger partial charge in [-0.15, -0.1) is 0 Å². The number of urea groups is 1. The third-order valence-corrected chi connectivity index (χ3v) is 5.81. The molecule has 158 valence electrons. The molecule has 2 amide bonds. The molecule has 0 aromatic heterocycles. The fourth-order valence-corrected chi connectivity index (χ4v) is 3.97. The molecule has 3 nitrogen and oxygen atoms in total. The van der Waals surface area contributed by atoms with Crippen molar-refractivity contribution in [2.75, 3.05) is 22.9 Å². The van der Waals surface area contributed by atoms with E-state index in [-0.39, 0.29) is 6.03 Å². The van der Waals surface area contributed by atoms with Crippen molar-refractivity contribution < 1.29 is 4.79 Å². The van der Waals surface area contributed by atoms with E-state index in [9.17, 15) is 4.79 Å². The van der Waals surface area contributed by atoms with Gasteiger partial charge in [-0.3, -0.25) is 9.80 Å². The molecule has 0 aliphatic carbocycles. The van der Waals surface area contributed by atoms with Gasteiger partial charge in [-0.25, -0.2) is 4.79 Å². The Kier molecular flexibility index (Phi) is 10.9. The molecule has 0 spiro atoms. The van der Waals surface area contributed by atoms with Crippen LogP contribution in [0, 0.1) is 0 Å². The standard InChI is InChI=1S/C25H35BrN2O/c1-3-5-7-14-20-27(22-16-10-9-11-17-22)25(29)28(21-15-8-6-4-2)24-19-13-12-18-23(24)26/h9-13,16-19H,3-8,14-15,20-21H2,1-2H3. The monoisotopic (exact) mass is 458 g/mol. The number of hydrogen-bond donors (Lipinski definition) is 0. The number of carbonyl (C=O) groups excluding carboxylic acids is 1. The molecule has 0 saturated heterocycles. The van der Waals surface area contributed by atoms with Crippen LogP contribution in [0.3, 0.4) is 0 Å². The van der Waals surface area contributed by atoms with Gasteiger partial charge in [0.15, 0.2) is 0 Å². The van der Waals surface area contributed by atoms with E-state index < -0.39 is 0 Å². The second-order valence-electron chi connectivity index (χ2n) is 7.49. The molecule has 4 heteroatoms. The van der Waals surface area contributed by atoms with Crippen molar-refractivity contribution in [3.8, 4) is 0 Å². The van der Waals surface area contributed by atoms with Crippen LogP contribution in [-0.4, -0.2) is 19.1 Å². The van der Waals surface area contributed by atoms with Crippen LogP contribution in [0.4, 0.5) is 16.2 Å². The molecular weight excluding hydrogens is 424 g/mol. The van der Waals surface area contributed by atoms with Crippen LogP contribution in [0.15, 0.2) is 59.1 Å². The maximum absolute atomic E-state index is 13.8. The van der Waals surface area contributed by atoms with Crippen LogP contribution in [-0.2, 0) is 0 Å². The number of carbonyl (C=O) groups is 1. The Morgan fingerprint density at radius 1 is 0.724 bits per heavy atom. The highest BCUT2D eigenvalue weighted by Gasteiger charge is 2.24. The molecule has 29 heavy (non-hydrogen) atoms. The largest absolute Gasteiger partial charge is 0.328 e. The number of anilines is 2. The summed E-state index contributed by atoms with van der Waals surface area (Å²) in [6, 6.07) is 18.2. The zero-order valence-corrected chi connectivity index (χ0v) is 19.5. The Balaban J connectivity index is 2.26. The SMILES string of the molecule is CCCCCCN(C(=O)N(CCCCCC)c1ccccc1Br)c1ccccc1. The van der Waals surface area contributed by atoms with Gasteiger partial charge >= 0.3 is 6.03 Å². The van der Waals surface area contributed by atoms with E-state index in [1.54, 1.807) is 0 Å². The third kappa shape index (κ3) is 7.50. The average Bonchev–Trinajstić information content (AvgIpc) is 2.75. The molecule has 0 radical (unpaired) electrons. The summed E-state index contributed by atoms with van der Waals surface area (Å²) in [4.78, 5) is 17.7. The Bertz CT molecular complexity index is 720. The number of hydrogen-bond acceptors (Lipinski definition) is 1. The first-order chi connectivity index (χ1) is 14.2. The van der Waals surface area contributed by atoms with Gasteiger partial charge in [0.25, 0.3) is 0 Å². The van der Waals surface area contributed by atoms with E-state index in [4.69, 9.17) is 0 Å². The molecule has 0 saturated carbocycles. The van der Waals surface area contributed by atoms with Crippen LogP contribution in [0.1, 0.15) is 65.2 Å². The highest BCUT2D eigenvalue weighted by Crippen LogP contribution is 2.28. The lowest BCUT2D eigenvalue weighted by Gasteiger charge is -2.31.